The van der Waals surface area contributed by atoms with E-state index in [4.69, 9.17) is 9.47 Å². The zero-order valence-electron chi connectivity index (χ0n) is 13.6. The highest BCUT2D eigenvalue weighted by Gasteiger charge is 2.40. The van der Waals surface area contributed by atoms with Gasteiger partial charge in [0.15, 0.2) is 5.79 Å². The predicted molar refractivity (Wildman–Crippen MR) is 85.2 cm³/mol. The van der Waals surface area contributed by atoms with Gasteiger partial charge < -0.3 is 9.47 Å². The Kier molecular flexibility index (Phi) is 5.17. The lowest BCUT2D eigenvalue weighted by atomic mass is 9.80. The molecule has 1 aliphatic carbocycles. The standard InChI is InChI=1S/C19H27O3/c1-2-3-4-18(20)17-7-5-15(6-8-17)16-9-11-19(12-10-16)21-13-14-22-19/h5-8,16,18H,2-4,9-14H2,1H3. The maximum absolute atomic E-state index is 12.1. The van der Waals surface area contributed by atoms with Gasteiger partial charge in [0.1, 0.15) is 6.10 Å². The summed E-state index contributed by atoms with van der Waals surface area (Å²) < 4.78 is 11.6. The van der Waals surface area contributed by atoms with E-state index in [0.29, 0.717) is 5.92 Å². The van der Waals surface area contributed by atoms with E-state index in [1.54, 1.807) is 0 Å². The van der Waals surface area contributed by atoms with Gasteiger partial charge in [0.25, 0.3) is 0 Å². The topological polar surface area (TPSA) is 38.4 Å². The van der Waals surface area contributed by atoms with E-state index in [9.17, 15) is 5.11 Å². The van der Waals surface area contributed by atoms with E-state index in [0.717, 1.165) is 63.7 Å². The molecule has 1 unspecified atom stereocenters. The molecular formula is C19H27O3. The molecule has 1 heterocycles. The summed E-state index contributed by atoms with van der Waals surface area (Å²) in [5.41, 5.74) is 2.30. The quantitative estimate of drug-likeness (QED) is 0.787. The Morgan fingerprint density at radius 2 is 1.77 bits per heavy atom. The fraction of sp³-hybridized carbons (Fsp3) is 0.684. The Morgan fingerprint density at radius 1 is 1.14 bits per heavy atom. The van der Waals surface area contributed by atoms with Crippen molar-refractivity contribution in [3.05, 3.63) is 35.4 Å². The maximum Gasteiger partial charge on any atom is 0.168 e. The third-order valence-corrected chi connectivity index (χ3v) is 5.16. The molecule has 2 aliphatic rings. The summed E-state index contributed by atoms with van der Waals surface area (Å²) in [4.78, 5) is 0. The Labute approximate surface area is 133 Å². The van der Waals surface area contributed by atoms with Crippen molar-refractivity contribution >= 4 is 0 Å². The molecule has 1 saturated heterocycles. The smallest absolute Gasteiger partial charge is 0.168 e. The molecule has 1 aliphatic heterocycles. The minimum absolute atomic E-state index is 0.281. The van der Waals surface area contributed by atoms with Crippen LogP contribution in [0.25, 0.3) is 0 Å². The highest BCUT2D eigenvalue weighted by Crippen LogP contribution is 2.42. The van der Waals surface area contributed by atoms with Crippen LogP contribution in [0.1, 0.15) is 75.0 Å². The molecule has 3 nitrogen and oxygen atoms in total. The second-order valence-corrected chi connectivity index (χ2v) is 6.68. The van der Waals surface area contributed by atoms with E-state index < -0.39 is 6.10 Å². The Balaban J connectivity index is 1.57. The molecule has 3 heteroatoms. The normalized spacial score (nSPS) is 23.0. The zero-order valence-corrected chi connectivity index (χ0v) is 13.6. The average molecular weight is 303 g/mol. The first-order valence-electron chi connectivity index (χ1n) is 8.76. The minimum Gasteiger partial charge on any atom is -0.348 e. The summed E-state index contributed by atoms with van der Waals surface area (Å²) in [6, 6.07) is 8.39. The van der Waals surface area contributed by atoms with Crippen molar-refractivity contribution in [3.63, 3.8) is 0 Å². The van der Waals surface area contributed by atoms with Gasteiger partial charge in [-0.25, -0.2) is 5.11 Å². The van der Waals surface area contributed by atoms with Crippen molar-refractivity contribution in [2.45, 2.75) is 69.7 Å². The van der Waals surface area contributed by atoms with Gasteiger partial charge in [0.05, 0.1) is 13.2 Å². The van der Waals surface area contributed by atoms with Crippen LogP contribution in [-0.2, 0) is 14.6 Å². The molecule has 3 rings (SSSR count). The Bertz CT molecular complexity index is 452. The highest BCUT2D eigenvalue weighted by molar-refractivity contribution is 5.27. The molecule has 1 radical (unpaired) electrons. The summed E-state index contributed by atoms with van der Waals surface area (Å²) in [5.74, 6) is 0.296. The number of ether oxygens (including phenoxy) is 2. The highest BCUT2D eigenvalue weighted by atomic mass is 16.7. The molecule has 0 aromatic heterocycles. The van der Waals surface area contributed by atoms with Gasteiger partial charge in [-0.15, -0.1) is 0 Å². The molecule has 2 fully saturated rings. The lowest BCUT2D eigenvalue weighted by molar-refractivity contribution is -0.178. The fourth-order valence-electron chi connectivity index (χ4n) is 3.72. The van der Waals surface area contributed by atoms with Crippen molar-refractivity contribution in [2.24, 2.45) is 0 Å². The van der Waals surface area contributed by atoms with Crippen molar-refractivity contribution in [1.29, 1.82) is 0 Å². The lowest BCUT2D eigenvalue weighted by Crippen LogP contribution is -2.34. The average Bonchev–Trinajstić information content (AvgIpc) is 3.02. The molecule has 1 aromatic rings. The SMILES string of the molecule is CCCCC([O])c1ccc(C2CCC3(CC2)OCCO3)cc1. The number of rotatable bonds is 5. The van der Waals surface area contributed by atoms with Crippen molar-refractivity contribution in [3.8, 4) is 0 Å². The maximum atomic E-state index is 12.1. The van der Waals surface area contributed by atoms with E-state index in [1.165, 1.54) is 5.56 Å². The van der Waals surface area contributed by atoms with Crippen LogP contribution in [0.15, 0.2) is 24.3 Å². The zero-order chi connectivity index (χ0) is 15.4. The number of benzene rings is 1. The first-order chi connectivity index (χ1) is 10.7. The third kappa shape index (κ3) is 3.53. The minimum atomic E-state index is -0.566. The largest absolute Gasteiger partial charge is 0.348 e. The summed E-state index contributed by atoms with van der Waals surface area (Å²) >= 11 is 0. The van der Waals surface area contributed by atoms with E-state index in [1.807, 2.05) is 12.1 Å². The van der Waals surface area contributed by atoms with Crippen molar-refractivity contribution in [2.75, 3.05) is 13.2 Å². The summed E-state index contributed by atoms with van der Waals surface area (Å²) in [5, 5.41) is 12.1. The molecule has 0 N–H and O–H groups in total. The fourth-order valence-corrected chi connectivity index (χ4v) is 3.72. The molecule has 0 amide bonds. The van der Waals surface area contributed by atoms with Gasteiger partial charge in [-0.3, -0.25) is 0 Å². The molecule has 1 aromatic carbocycles. The molecule has 1 saturated carbocycles. The second kappa shape index (κ2) is 7.12. The first kappa shape index (κ1) is 16.0. The van der Waals surface area contributed by atoms with E-state index >= 15 is 0 Å². The summed E-state index contributed by atoms with van der Waals surface area (Å²) in [6.07, 6.45) is 6.47. The van der Waals surface area contributed by atoms with Gasteiger partial charge in [0, 0.05) is 12.8 Å². The lowest BCUT2D eigenvalue weighted by Gasteiger charge is -2.35. The van der Waals surface area contributed by atoms with Crippen LogP contribution in [0.2, 0.25) is 0 Å². The van der Waals surface area contributed by atoms with Crippen LogP contribution in [-0.4, -0.2) is 19.0 Å². The number of unbranched alkanes of at least 4 members (excludes halogenated alkanes) is 1. The molecule has 121 valence electrons. The van der Waals surface area contributed by atoms with Gasteiger partial charge in [-0.05, 0) is 36.3 Å². The monoisotopic (exact) mass is 303 g/mol. The van der Waals surface area contributed by atoms with E-state index in [2.05, 4.69) is 19.1 Å². The second-order valence-electron chi connectivity index (χ2n) is 6.68. The predicted octanol–water partition coefficient (Wildman–Crippen LogP) is 4.75. The third-order valence-electron chi connectivity index (χ3n) is 5.16. The van der Waals surface area contributed by atoms with Crippen LogP contribution in [0, 0.1) is 0 Å². The van der Waals surface area contributed by atoms with Crippen molar-refractivity contribution in [1.82, 2.24) is 0 Å². The first-order valence-corrected chi connectivity index (χ1v) is 8.76. The van der Waals surface area contributed by atoms with E-state index in [-0.39, 0.29) is 5.79 Å². The van der Waals surface area contributed by atoms with Crippen molar-refractivity contribution < 1.29 is 14.6 Å². The molecule has 0 bridgehead atoms. The molecular weight excluding hydrogens is 276 g/mol. The van der Waals surface area contributed by atoms with Gasteiger partial charge in [-0.2, -0.15) is 0 Å². The van der Waals surface area contributed by atoms with Crippen LogP contribution in [0.3, 0.4) is 0 Å². The van der Waals surface area contributed by atoms with Gasteiger partial charge in [-0.1, -0.05) is 44.0 Å². The Hall–Kier alpha value is -0.900. The molecule has 1 spiro atoms. The van der Waals surface area contributed by atoms with Crippen LogP contribution in [0.5, 0.6) is 0 Å². The Morgan fingerprint density at radius 3 is 2.36 bits per heavy atom. The van der Waals surface area contributed by atoms with Crippen LogP contribution >= 0.6 is 0 Å². The molecule has 22 heavy (non-hydrogen) atoms. The van der Waals surface area contributed by atoms with Gasteiger partial charge >= 0.3 is 0 Å². The van der Waals surface area contributed by atoms with Gasteiger partial charge in [0.2, 0.25) is 0 Å². The summed E-state index contributed by atoms with van der Waals surface area (Å²) in [6.45, 7) is 3.60. The molecule has 1 atom stereocenters. The summed E-state index contributed by atoms with van der Waals surface area (Å²) in [7, 11) is 0. The van der Waals surface area contributed by atoms with Crippen LogP contribution in [0.4, 0.5) is 0 Å². The number of hydrogen-bond donors (Lipinski definition) is 0. The van der Waals surface area contributed by atoms with Crippen LogP contribution < -0.4 is 0 Å². The number of hydrogen-bond acceptors (Lipinski definition) is 2.